The van der Waals surface area contributed by atoms with Crippen molar-refractivity contribution in [3.05, 3.63) is 65.4 Å². The molecule has 0 fully saturated rings. The number of fused-ring (bicyclic) bond motifs is 1. The second kappa shape index (κ2) is 6.99. The summed E-state index contributed by atoms with van der Waals surface area (Å²) in [6.07, 6.45) is 1.88. The van der Waals surface area contributed by atoms with Gasteiger partial charge in [0.2, 0.25) is 0 Å². The van der Waals surface area contributed by atoms with E-state index >= 15 is 0 Å². The van der Waals surface area contributed by atoms with Crippen LogP contribution in [0.3, 0.4) is 0 Å². The Morgan fingerprint density at radius 1 is 1.20 bits per heavy atom. The van der Waals surface area contributed by atoms with E-state index in [4.69, 9.17) is 4.74 Å². The maximum atomic E-state index is 5.81. The molecule has 5 nitrogen and oxygen atoms in total. The van der Waals surface area contributed by atoms with Gasteiger partial charge in [0.05, 0.1) is 11.9 Å². The number of H-pyrrole nitrogens is 1. The van der Waals surface area contributed by atoms with Gasteiger partial charge in [0, 0.05) is 48.1 Å². The molecule has 2 heterocycles. The lowest BCUT2D eigenvalue weighted by atomic mass is 10.1. The summed E-state index contributed by atoms with van der Waals surface area (Å²) in [6, 6.07) is 14.7. The number of hydrogen-bond donors (Lipinski definition) is 3. The number of aryl methyl sites for hydroxylation is 1. The van der Waals surface area contributed by atoms with Crippen LogP contribution < -0.4 is 15.4 Å². The van der Waals surface area contributed by atoms with Crippen LogP contribution in [-0.2, 0) is 13.1 Å². The van der Waals surface area contributed by atoms with Gasteiger partial charge in [-0.05, 0) is 19.1 Å². The van der Waals surface area contributed by atoms with E-state index in [2.05, 4.69) is 70.2 Å². The predicted octanol–water partition coefficient (Wildman–Crippen LogP) is 3.48. The molecule has 0 aliphatic carbocycles. The molecule has 0 saturated carbocycles. The number of hydrogen-bond acceptors (Lipinski definition) is 4. The van der Waals surface area contributed by atoms with Crippen molar-refractivity contribution in [3.63, 3.8) is 0 Å². The van der Waals surface area contributed by atoms with Gasteiger partial charge in [-0.3, -0.25) is 5.10 Å². The molecule has 1 aromatic heterocycles. The first-order valence-electron chi connectivity index (χ1n) is 8.59. The molecule has 25 heavy (non-hydrogen) atoms. The molecule has 0 radical (unpaired) electrons. The van der Waals surface area contributed by atoms with Gasteiger partial charge in [-0.2, -0.15) is 5.10 Å². The molecular weight excluding hydrogens is 312 g/mol. The number of nitrogens with one attached hydrogen (secondary N) is 3. The highest BCUT2D eigenvalue weighted by Crippen LogP contribution is 2.26. The van der Waals surface area contributed by atoms with Gasteiger partial charge in [0.25, 0.3) is 0 Å². The average molecular weight is 334 g/mol. The fraction of sp³-hybridized carbons (Fsp3) is 0.250. The summed E-state index contributed by atoms with van der Waals surface area (Å²) in [5, 5.41) is 14.2. The number of benzene rings is 2. The highest BCUT2D eigenvalue weighted by molar-refractivity contribution is 5.64. The fourth-order valence-corrected chi connectivity index (χ4v) is 3.09. The molecule has 4 rings (SSSR count). The van der Waals surface area contributed by atoms with Crippen LogP contribution >= 0.6 is 0 Å². The Hall–Kier alpha value is -2.79. The lowest BCUT2D eigenvalue weighted by Gasteiger charge is -2.11. The Bertz CT molecular complexity index is 872. The van der Waals surface area contributed by atoms with Gasteiger partial charge in [0.15, 0.2) is 0 Å². The standard InChI is InChI=1S/C20H22N4O/c1-14-3-2-4-15(9-14)20-17(13-23-24-20)12-22-18-6-5-16-11-21-7-8-25-19(16)10-18/h2-6,9-10,13,21-22H,7-8,11-12H2,1H3,(H,23,24). The molecule has 3 aromatic rings. The monoisotopic (exact) mass is 334 g/mol. The van der Waals surface area contributed by atoms with Gasteiger partial charge in [-0.15, -0.1) is 0 Å². The van der Waals surface area contributed by atoms with Crippen molar-refractivity contribution >= 4 is 5.69 Å². The predicted molar refractivity (Wildman–Crippen MR) is 99.7 cm³/mol. The first-order chi connectivity index (χ1) is 12.3. The fourth-order valence-electron chi connectivity index (χ4n) is 3.09. The summed E-state index contributed by atoms with van der Waals surface area (Å²) in [6.45, 7) is 5.25. The van der Waals surface area contributed by atoms with E-state index in [1.807, 2.05) is 6.20 Å². The van der Waals surface area contributed by atoms with E-state index in [0.29, 0.717) is 13.2 Å². The minimum absolute atomic E-state index is 0.704. The van der Waals surface area contributed by atoms with Crippen molar-refractivity contribution in [2.45, 2.75) is 20.0 Å². The number of rotatable bonds is 4. The molecule has 1 aliphatic heterocycles. The zero-order valence-corrected chi connectivity index (χ0v) is 14.3. The van der Waals surface area contributed by atoms with E-state index in [1.54, 1.807) is 0 Å². The Morgan fingerprint density at radius 3 is 3.08 bits per heavy atom. The Kier molecular flexibility index (Phi) is 4.39. The summed E-state index contributed by atoms with van der Waals surface area (Å²) in [4.78, 5) is 0. The summed E-state index contributed by atoms with van der Waals surface area (Å²) >= 11 is 0. The van der Waals surface area contributed by atoms with E-state index in [0.717, 1.165) is 41.3 Å². The molecule has 3 N–H and O–H groups in total. The smallest absolute Gasteiger partial charge is 0.125 e. The zero-order chi connectivity index (χ0) is 17.1. The highest BCUT2D eigenvalue weighted by Gasteiger charge is 2.11. The van der Waals surface area contributed by atoms with E-state index in [9.17, 15) is 0 Å². The van der Waals surface area contributed by atoms with Gasteiger partial charge in [-0.25, -0.2) is 0 Å². The summed E-state index contributed by atoms with van der Waals surface area (Å²) < 4.78 is 5.81. The van der Waals surface area contributed by atoms with Gasteiger partial charge in [-0.1, -0.05) is 29.8 Å². The van der Waals surface area contributed by atoms with Crippen molar-refractivity contribution in [1.82, 2.24) is 15.5 Å². The first-order valence-corrected chi connectivity index (χ1v) is 8.59. The van der Waals surface area contributed by atoms with Crippen LogP contribution in [0, 0.1) is 6.92 Å². The molecule has 0 spiro atoms. The number of nitrogens with zero attached hydrogens (tertiary/aromatic N) is 1. The molecular formula is C20H22N4O. The first kappa shape index (κ1) is 15.7. The minimum atomic E-state index is 0.704. The summed E-state index contributed by atoms with van der Waals surface area (Å²) in [5.41, 5.74) is 6.85. The minimum Gasteiger partial charge on any atom is -0.492 e. The van der Waals surface area contributed by atoms with Crippen LogP contribution in [0.5, 0.6) is 5.75 Å². The third-order valence-corrected chi connectivity index (χ3v) is 4.43. The zero-order valence-electron chi connectivity index (χ0n) is 14.3. The van der Waals surface area contributed by atoms with Crippen LogP contribution in [0.1, 0.15) is 16.7 Å². The quantitative estimate of drug-likeness (QED) is 0.683. The Labute approximate surface area is 147 Å². The second-order valence-electron chi connectivity index (χ2n) is 6.34. The van der Waals surface area contributed by atoms with Gasteiger partial charge < -0.3 is 15.4 Å². The van der Waals surface area contributed by atoms with Crippen LogP contribution in [0.4, 0.5) is 5.69 Å². The Balaban J connectivity index is 1.51. The molecule has 0 bridgehead atoms. The molecule has 1 aliphatic rings. The van der Waals surface area contributed by atoms with E-state index in [-0.39, 0.29) is 0 Å². The molecule has 5 heteroatoms. The highest BCUT2D eigenvalue weighted by atomic mass is 16.5. The average Bonchev–Trinajstić information content (AvgIpc) is 2.97. The van der Waals surface area contributed by atoms with Crippen LogP contribution in [0.25, 0.3) is 11.3 Å². The SMILES string of the molecule is Cc1cccc(-c2[nH]ncc2CNc2ccc3c(c2)OCCNC3)c1. The molecule has 128 valence electrons. The van der Waals surface area contributed by atoms with Crippen molar-refractivity contribution in [1.29, 1.82) is 0 Å². The third kappa shape index (κ3) is 3.51. The van der Waals surface area contributed by atoms with Crippen LogP contribution in [-0.4, -0.2) is 23.3 Å². The molecule has 0 unspecified atom stereocenters. The topological polar surface area (TPSA) is 62.0 Å². The molecule has 0 amide bonds. The van der Waals surface area contributed by atoms with Crippen LogP contribution in [0.2, 0.25) is 0 Å². The van der Waals surface area contributed by atoms with E-state index in [1.165, 1.54) is 11.1 Å². The van der Waals surface area contributed by atoms with Crippen LogP contribution in [0.15, 0.2) is 48.7 Å². The maximum Gasteiger partial charge on any atom is 0.125 e. The number of aromatic nitrogens is 2. The molecule has 0 saturated heterocycles. The molecule has 2 aromatic carbocycles. The van der Waals surface area contributed by atoms with Gasteiger partial charge >= 0.3 is 0 Å². The second-order valence-corrected chi connectivity index (χ2v) is 6.34. The van der Waals surface area contributed by atoms with E-state index < -0.39 is 0 Å². The van der Waals surface area contributed by atoms with Crippen molar-refractivity contribution in [2.24, 2.45) is 0 Å². The lowest BCUT2D eigenvalue weighted by Crippen LogP contribution is -2.16. The van der Waals surface area contributed by atoms with Crippen molar-refractivity contribution in [3.8, 4) is 17.0 Å². The lowest BCUT2D eigenvalue weighted by molar-refractivity contribution is 0.326. The van der Waals surface area contributed by atoms with Gasteiger partial charge in [0.1, 0.15) is 12.4 Å². The number of aromatic amines is 1. The summed E-state index contributed by atoms with van der Waals surface area (Å²) in [5.74, 6) is 0.959. The normalized spacial score (nSPS) is 13.6. The number of ether oxygens (including phenoxy) is 1. The largest absolute Gasteiger partial charge is 0.492 e. The van der Waals surface area contributed by atoms with Crippen molar-refractivity contribution < 1.29 is 4.74 Å². The van der Waals surface area contributed by atoms with Crippen molar-refractivity contribution in [2.75, 3.05) is 18.5 Å². The third-order valence-electron chi connectivity index (χ3n) is 4.43. The Morgan fingerprint density at radius 2 is 2.16 bits per heavy atom. The summed E-state index contributed by atoms with van der Waals surface area (Å²) in [7, 11) is 0. The maximum absolute atomic E-state index is 5.81. The molecule has 0 atom stereocenters. The number of anilines is 1.